The fourth-order valence-corrected chi connectivity index (χ4v) is 2.40. The number of fused-ring (bicyclic) bond motifs is 1. The molecule has 4 heteroatoms. The van der Waals surface area contributed by atoms with E-state index >= 15 is 0 Å². The van der Waals surface area contributed by atoms with E-state index in [0.29, 0.717) is 0 Å². The van der Waals surface area contributed by atoms with Gasteiger partial charge in [-0.3, -0.25) is 4.79 Å². The molecule has 1 heterocycles. The van der Waals surface area contributed by atoms with E-state index in [-0.39, 0.29) is 17.2 Å². The molecule has 3 rings (SSSR count). The van der Waals surface area contributed by atoms with E-state index < -0.39 is 0 Å². The number of carbonyl (C=O) groups excluding carboxylic acids is 1. The van der Waals surface area contributed by atoms with Gasteiger partial charge in [-0.2, -0.15) is 0 Å². The maximum Gasteiger partial charge on any atom is 0.259 e. The van der Waals surface area contributed by atoms with E-state index in [0.717, 1.165) is 30.8 Å². The molecule has 0 fully saturated rings. The van der Waals surface area contributed by atoms with Crippen molar-refractivity contribution in [2.24, 2.45) is 0 Å². The van der Waals surface area contributed by atoms with Crippen LogP contribution in [0.2, 0.25) is 0 Å². The number of benzene rings is 2. The molecule has 1 aliphatic heterocycles. The van der Waals surface area contributed by atoms with E-state index in [4.69, 9.17) is 0 Å². The van der Waals surface area contributed by atoms with Crippen LogP contribution in [0.4, 0.5) is 11.4 Å². The molecule has 0 saturated carbocycles. The second-order valence-corrected chi connectivity index (χ2v) is 4.87. The Morgan fingerprint density at radius 2 is 2.05 bits per heavy atom. The fourth-order valence-electron chi connectivity index (χ4n) is 2.40. The lowest BCUT2D eigenvalue weighted by Crippen LogP contribution is -2.14. The van der Waals surface area contributed by atoms with E-state index in [9.17, 15) is 9.90 Å². The summed E-state index contributed by atoms with van der Waals surface area (Å²) in [4.78, 5) is 12.1. The van der Waals surface area contributed by atoms with Gasteiger partial charge in [0.25, 0.3) is 5.91 Å². The third-order valence-corrected chi connectivity index (χ3v) is 3.45. The molecule has 0 saturated heterocycles. The Morgan fingerprint density at radius 1 is 1.20 bits per heavy atom. The first kappa shape index (κ1) is 12.5. The number of phenols is 1. The molecule has 0 atom stereocenters. The molecule has 3 N–H and O–H groups in total. The third kappa shape index (κ3) is 2.45. The number of amides is 1. The SMILES string of the molecule is O=C(Nc1ccc2c(c1)NCCC2)c1ccccc1O. The lowest BCUT2D eigenvalue weighted by atomic mass is 10.0. The molecule has 0 aromatic heterocycles. The minimum absolute atomic E-state index is 0.0129. The molecule has 0 bridgehead atoms. The van der Waals surface area contributed by atoms with Gasteiger partial charge in [0.1, 0.15) is 5.75 Å². The maximum absolute atomic E-state index is 12.1. The van der Waals surface area contributed by atoms with Crippen LogP contribution in [-0.4, -0.2) is 17.6 Å². The molecule has 1 amide bonds. The van der Waals surface area contributed by atoms with Crippen molar-refractivity contribution in [3.8, 4) is 5.75 Å². The maximum atomic E-state index is 12.1. The molecular weight excluding hydrogens is 252 g/mol. The standard InChI is InChI=1S/C16H16N2O2/c19-15-6-2-1-5-13(15)16(20)18-12-8-7-11-4-3-9-17-14(11)10-12/h1-2,5-8,10,17,19H,3-4,9H2,(H,18,20). The van der Waals surface area contributed by atoms with Gasteiger partial charge in [-0.15, -0.1) is 0 Å². The van der Waals surface area contributed by atoms with Crippen molar-refractivity contribution in [2.45, 2.75) is 12.8 Å². The molecule has 102 valence electrons. The molecule has 0 unspecified atom stereocenters. The van der Waals surface area contributed by atoms with Gasteiger partial charge in [-0.1, -0.05) is 18.2 Å². The Balaban J connectivity index is 1.81. The van der Waals surface area contributed by atoms with Gasteiger partial charge in [0.15, 0.2) is 0 Å². The lowest BCUT2D eigenvalue weighted by molar-refractivity contribution is 0.102. The van der Waals surface area contributed by atoms with Gasteiger partial charge in [-0.05, 0) is 42.7 Å². The number of anilines is 2. The summed E-state index contributed by atoms with van der Waals surface area (Å²) in [5.74, 6) is -0.319. The van der Waals surface area contributed by atoms with Crippen molar-refractivity contribution < 1.29 is 9.90 Å². The molecule has 2 aromatic carbocycles. The largest absolute Gasteiger partial charge is 0.507 e. The smallest absolute Gasteiger partial charge is 0.259 e. The summed E-state index contributed by atoms with van der Waals surface area (Å²) < 4.78 is 0. The zero-order valence-corrected chi connectivity index (χ0v) is 11.0. The van der Waals surface area contributed by atoms with Crippen LogP contribution in [0.3, 0.4) is 0 Å². The second kappa shape index (κ2) is 5.25. The highest BCUT2D eigenvalue weighted by atomic mass is 16.3. The van der Waals surface area contributed by atoms with E-state index in [1.165, 1.54) is 11.6 Å². The number of nitrogens with one attached hydrogen (secondary N) is 2. The van der Waals surface area contributed by atoms with Gasteiger partial charge >= 0.3 is 0 Å². The van der Waals surface area contributed by atoms with Crippen molar-refractivity contribution in [3.05, 3.63) is 53.6 Å². The first-order valence-electron chi connectivity index (χ1n) is 6.70. The Hall–Kier alpha value is -2.49. The molecule has 0 spiro atoms. The number of aromatic hydroxyl groups is 1. The summed E-state index contributed by atoms with van der Waals surface area (Å²) in [6.45, 7) is 0.962. The highest BCUT2D eigenvalue weighted by Crippen LogP contribution is 2.26. The van der Waals surface area contributed by atoms with Gasteiger partial charge in [0, 0.05) is 17.9 Å². The van der Waals surface area contributed by atoms with E-state index in [1.807, 2.05) is 18.2 Å². The van der Waals surface area contributed by atoms with E-state index in [2.05, 4.69) is 10.6 Å². The average Bonchev–Trinajstić information content (AvgIpc) is 2.47. The molecular formula is C16H16N2O2. The molecule has 4 nitrogen and oxygen atoms in total. The third-order valence-electron chi connectivity index (χ3n) is 3.45. The number of phenolic OH excluding ortho intramolecular Hbond substituents is 1. The van der Waals surface area contributed by atoms with Gasteiger partial charge in [-0.25, -0.2) is 0 Å². The number of hydrogen-bond donors (Lipinski definition) is 3. The minimum Gasteiger partial charge on any atom is -0.507 e. The first-order valence-corrected chi connectivity index (χ1v) is 6.70. The van der Waals surface area contributed by atoms with Crippen molar-refractivity contribution in [2.75, 3.05) is 17.2 Å². The summed E-state index contributed by atoms with van der Waals surface area (Å²) in [6.07, 6.45) is 2.20. The van der Waals surface area contributed by atoms with Gasteiger partial charge < -0.3 is 15.7 Å². The monoisotopic (exact) mass is 268 g/mol. The Bertz CT molecular complexity index is 653. The van der Waals surface area contributed by atoms with Crippen molar-refractivity contribution in [3.63, 3.8) is 0 Å². The first-order chi connectivity index (χ1) is 9.74. The Kier molecular flexibility index (Phi) is 3.29. The zero-order valence-electron chi connectivity index (χ0n) is 11.0. The van der Waals surface area contributed by atoms with Crippen molar-refractivity contribution in [1.82, 2.24) is 0 Å². The van der Waals surface area contributed by atoms with Crippen molar-refractivity contribution >= 4 is 17.3 Å². The quantitative estimate of drug-likeness (QED) is 0.784. The van der Waals surface area contributed by atoms with Crippen LogP contribution in [0.1, 0.15) is 22.3 Å². The number of carbonyl (C=O) groups is 1. The Labute approximate surface area is 117 Å². The van der Waals surface area contributed by atoms with Crippen molar-refractivity contribution in [1.29, 1.82) is 0 Å². The molecule has 1 aliphatic rings. The number of rotatable bonds is 2. The van der Waals surface area contributed by atoms with Crippen LogP contribution >= 0.6 is 0 Å². The predicted octanol–water partition coefficient (Wildman–Crippen LogP) is 3.00. The molecule has 2 aromatic rings. The number of para-hydroxylation sites is 1. The molecule has 20 heavy (non-hydrogen) atoms. The summed E-state index contributed by atoms with van der Waals surface area (Å²) in [5, 5.41) is 15.8. The van der Waals surface area contributed by atoms with E-state index in [1.54, 1.807) is 18.2 Å². The highest BCUT2D eigenvalue weighted by molar-refractivity contribution is 6.06. The fraction of sp³-hybridized carbons (Fsp3) is 0.188. The molecule has 0 aliphatic carbocycles. The number of hydrogen-bond acceptors (Lipinski definition) is 3. The number of aryl methyl sites for hydroxylation is 1. The Morgan fingerprint density at radius 3 is 2.90 bits per heavy atom. The van der Waals surface area contributed by atoms with Crippen LogP contribution in [0.25, 0.3) is 0 Å². The highest BCUT2D eigenvalue weighted by Gasteiger charge is 2.13. The average molecular weight is 268 g/mol. The summed E-state index contributed by atoms with van der Waals surface area (Å²) >= 11 is 0. The van der Waals surface area contributed by atoms with Crippen LogP contribution in [0.5, 0.6) is 5.75 Å². The lowest BCUT2D eigenvalue weighted by Gasteiger charge is -2.19. The van der Waals surface area contributed by atoms with Crippen LogP contribution in [0.15, 0.2) is 42.5 Å². The van der Waals surface area contributed by atoms with Gasteiger partial charge in [0.05, 0.1) is 5.56 Å². The van der Waals surface area contributed by atoms with Crippen LogP contribution in [-0.2, 0) is 6.42 Å². The summed E-state index contributed by atoms with van der Waals surface area (Å²) in [6, 6.07) is 12.4. The topological polar surface area (TPSA) is 61.4 Å². The van der Waals surface area contributed by atoms with Crippen LogP contribution in [0, 0.1) is 0 Å². The summed E-state index contributed by atoms with van der Waals surface area (Å²) in [5.41, 5.74) is 3.35. The predicted molar refractivity (Wildman–Crippen MR) is 79.3 cm³/mol. The normalized spacial score (nSPS) is 13.2. The molecule has 0 radical (unpaired) electrons. The zero-order chi connectivity index (χ0) is 13.9. The second-order valence-electron chi connectivity index (χ2n) is 4.87. The van der Waals surface area contributed by atoms with Gasteiger partial charge in [0.2, 0.25) is 0 Å². The summed E-state index contributed by atoms with van der Waals surface area (Å²) in [7, 11) is 0. The van der Waals surface area contributed by atoms with Crippen LogP contribution < -0.4 is 10.6 Å². The minimum atomic E-state index is -0.307.